The molecule has 50 valence electrons. The summed E-state index contributed by atoms with van der Waals surface area (Å²) >= 11 is 0. The van der Waals surface area contributed by atoms with Gasteiger partial charge in [0, 0.05) is 12.1 Å². The molecule has 1 aliphatic heterocycles. The zero-order chi connectivity index (χ0) is 6.97. The van der Waals surface area contributed by atoms with Crippen molar-refractivity contribution in [1.82, 2.24) is 0 Å². The van der Waals surface area contributed by atoms with Gasteiger partial charge in [-0.1, -0.05) is 19.1 Å². The van der Waals surface area contributed by atoms with Gasteiger partial charge in [0.25, 0.3) is 0 Å². The third-order valence-corrected chi connectivity index (χ3v) is 1.91. The van der Waals surface area contributed by atoms with E-state index in [0.29, 0.717) is 5.92 Å². The molecule has 0 spiro atoms. The van der Waals surface area contributed by atoms with Crippen LogP contribution in [-0.2, 0) is 0 Å². The molecule has 2 rings (SSSR count). The molecule has 10 heavy (non-hydrogen) atoms. The van der Waals surface area contributed by atoms with Crippen LogP contribution in [0.5, 0.6) is 0 Å². The first-order valence-corrected chi connectivity index (χ1v) is 3.51. The zero-order valence-corrected chi connectivity index (χ0v) is 5.91. The molecule has 1 heterocycles. The molecule has 0 radical (unpaired) electrons. The van der Waals surface area contributed by atoms with Crippen molar-refractivity contribution in [2.75, 3.05) is 0 Å². The van der Waals surface area contributed by atoms with E-state index in [1.165, 1.54) is 5.57 Å². The smallest absolute Gasteiger partial charge is 0.0667 e. The van der Waals surface area contributed by atoms with E-state index in [2.05, 4.69) is 36.2 Å². The maximum absolute atomic E-state index is 4.20. The predicted octanol–water partition coefficient (Wildman–Crippen LogP) is 2.09. The largest absolute Gasteiger partial charge is 0.257 e. The highest BCUT2D eigenvalue weighted by Gasteiger charge is 2.14. The van der Waals surface area contributed by atoms with E-state index in [0.717, 1.165) is 5.70 Å². The Balaban J connectivity index is 2.45. The predicted molar refractivity (Wildman–Crippen MR) is 43.0 cm³/mol. The van der Waals surface area contributed by atoms with Gasteiger partial charge in [-0.25, -0.2) is 0 Å². The summed E-state index contributed by atoms with van der Waals surface area (Å²) in [7, 11) is 0. The van der Waals surface area contributed by atoms with Crippen molar-refractivity contribution in [1.29, 1.82) is 0 Å². The molecule has 1 atom stereocenters. The van der Waals surface area contributed by atoms with Crippen LogP contribution in [0.15, 0.2) is 40.6 Å². The van der Waals surface area contributed by atoms with E-state index in [4.69, 9.17) is 0 Å². The maximum atomic E-state index is 4.20. The molecule has 1 nitrogen and oxygen atoms in total. The highest BCUT2D eigenvalue weighted by molar-refractivity contribution is 5.80. The first kappa shape index (κ1) is 5.66. The Bertz CT molecular complexity index is 266. The molecule has 0 aromatic rings. The minimum atomic E-state index is 0.544. The van der Waals surface area contributed by atoms with Crippen LogP contribution in [0.4, 0.5) is 0 Å². The van der Waals surface area contributed by atoms with Gasteiger partial charge in [-0.2, -0.15) is 0 Å². The van der Waals surface area contributed by atoms with Crippen molar-refractivity contribution in [2.24, 2.45) is 10.9 Å². The van der Waals surface area contributed by atoms with E-state index in [1.807, 2.05) is 6.21 Å². The number of fused-ring (bicyclic) bond motifs is 1. The Hall–Kier alpha value is -1.11. The Morgan fingerprint density at radius 1 is 1.40 bits per heavy atom. The van der Waals surface area contributed by atoms with Crippen LogP contribution in [0, 0.1) is 5.92 Å². The highest BCUT2D eigenvalue weighted by atomic mass is 14.8. The molecule has 0 fully saturated rings. The normalized spacial score (nSPS) is 27.9. The summed E-state index contributed by atoms with van der Waals surface area (Å²) in [6, 6.07) is 0. The van der Waals surface area contributed by atoms with E-state index in [-0.39, 0.29) is 0 Å². The van der Waals surface area contributed by atoms with Crippen molar-refractivity contribution < 1.29 is 0 Å². The van der Waals surface area contributed by atoms with Gasteiger partial charge < -0.3 is 0 Å². The molecule has 0 saturated heterocycles. The third-order valence-electron chi connectivity index (χ3n) is 1.91. The second kappa shape index (κ2) is 1.94. The lowest BCUT2D eigenvalue weighted by atomic mass is 9.95. The summed E-state index contributed by atoms with van der Waals surface area (Å²) in [6.45, 7) is 2.18. The van der Waals surface area contributed by atoms with Crippen LogP contribution in [-0.4, -0.2) is 6.21 Å². The summed E-state index contributed by atoms with van der Waals surface area (Å²) in [5.74, 6) is 0.544. The number of nitrogens with zero attached hydrogens (tertiary/aromatic N) is 1. The van der Waals surface area contributed by atoms with Gasteiger partial charge in [-0.15, -0.1) is 0 Å². The van der Waals surface area contributed by atoms with Gasteiger partial charge >= 0.3 is 0 Å². The van der Waals surface area contributed by atoms with Crippen LogP contribution in [0.2, 0.25) is 0 Å². The molecule has 0 N–H and O–H groups in total. The molecule has 0 bridgehead atoms. The average molecular weight is 131 g/mol. The number of hydrogen-bond acceptors (Lipinski definition) is 1. The fourth-order valence-electron chi connectivity index (χ4n) is 1.30. The third kappa shape index (κ3) is 0.670. The molecule has 0 amide bonds. The number of allylic oxidation sites excluding steroid dienone is 5. The second-order valence-electron chi connectivity index (χ2n) is 2.63. The molecule has 0 saturated carbocycles. The quantitative estimate of drug-likeness (QED) is 0.477. The molecule has 1 aliphatic carbocycles. The van der Waals surface area contributed by atoms with E-state index >= 15 is 0 Å². The van der Waals surface area contributed by atoms with Crippen molar-refractivity contribution in [3.63, 3.8) is 0 Å². The first-order chi connectivity index (χ1) is 4.88. The Labute approximate surface area is 60.5 Å². The molecule has 1 heteroatoms. The van der Waals surface area contributed by atoms with Gasteiger partial charge in [0.2, 0.25) is 0 Å². The monoisotopic (exact) mass is 131 g/mol. The lowest BCUT2D eigenvalue weighted by molar-refractivity contribution is 0.865. The number of aliphatic imine (C=N–C) groups is 1. The minimum absolute atomic E-state index is 0.544. The van der Waals surface area contributed by atoms with Gasteiger partial charge in [-0.05, 0) is 17.7 Å². The Kier molecular flexibility index (Phi) is 1.10. The SMILES string of the molecule is C[C@@H]1C=CC=C2N=CC=C21. The van der Waals surface area contributed by atoms with Crippen LogP contribution in [0.1, 0.15) is 6.92 Å². The van der Waals surface area contributed by atoms with E-state index in [1.54, 1.807) is 0 Å². The summed E-state index contributed by atoms with van der Waals surface area (Å²) in [6.07, 6.45) is 10.3. The summed E-state index contributed by atoms with van der Waals surface area (Å²) in [5.41, 5.74) is 2.48. The molecule has 0 aromatic carbocycles. The van der Waals surface area contributed by atoms with Crippen molar-refractivity contribution >= 4 is 6.21 Å². The average Bonchev–Trinajstić information content (AvgIpc) is 2.36. The van der Waals surface area contributed by atoms with Gasteiger partial charge in [0.15, 0.2) is 0 Å². The van der Waals surface area contributed by atoms with Crippen molar-refractivity contribution in [3.8, 4) is 0 Å². The summed E-state index contributed by atoms with van der Waals surface area (Å²) in [5, 5.41) is 0. The van der Waals surface area contributed by atoms with Gasteiger partial charge in [-0.3, -0.25) is 4.99 Å². The molecular formula is C9H9N. The minimum Gasteiger partial charge on any atom is -0.257 e. The fourth-order valence-corrected chi connectivity index (χ4v) is 1.30. The number of hydrogen-bond donors (Lipinski definition) is 0. The maximum Gasteiger partial charge on any atom is 0.0667 e. The molecule has 2 aliphatic rings. The Morgan fingerprint density at radius 2 is 2.30 bits per heavy atom. The second-order valence-corrected chi connectivity index (χ2v) is 2.63. The van der Waals surface area contributed by atoms with Gasteiger partial charge in [0.05, 0.1) is 5.70 Å². The topological polar surface area (TPSA) is 12.4 Å². The van der Waals surface area contributed by atoms with Crippen LogP contribution >= 0.6 is 0 Å². The summed E-state index contributed by atoms with van der Waals surface area (Å²) in [4.78, 5) is 4.20. The van der Waals surface area contributed by atoms with Crippen LogP contribution in [0.25, 0.3) is 0 Å². The van der Waals surface area contributed by atoms with Crippen molar-refractivity contribution in [3.05, 3.63) is 35.6 Å². The van der Waals surface area contributed by atoms with Gasteiger partial charge in [0.1, 0.15) is 0 Å². The lowest BCUT2D eigenvalue weighted by Gasteiger charge is -2.11. The lowest BCUT2D eigenvalue weighted by Crippen LogP contribution is -1.98. The van der Waals surface area contributed by atoms with Crippen LogP contribution < -0.4 is 0 Å². The first-order valence-electron chi connectivity index (χ1n) is 3.51. The van der Waals surface area contributed by atoms with Crippen LogP contribution in [0.3, 0.4) is 0 Å². The molecule has 0 unspecified atom stereocenters. The standard InChI is InChI=1S/C9H9N/c1-7-3-2-4-9-8(7)5-6-10-9/h2-7H,1H3/t7-/m1/s1. The van der Waals surface area contributed by atoms with Crippen molar-refractivity contribution in [2.45, 2.75) is 6.92 Å². The zero-order valence-electron chi connectivity index (χ0n) is 5.91. The fraction of sp³-hybridized carbons (Fsp3) is 0.222. The Morgan fingerprint density at radius 3 is 3.10 bits per heavy atom. The molecule has 0 aromatic heterocycles. The summed E-state index contributed by atoms with van der Waals surface area (Å²) < 4.78 is 0. The molecular weight excluding hydrogens is 122 g/mol. The number of rotatable bonds is 0. The highest BCUT2D eigenvalue weighted by Crippen LogP contribution is 2.27. The van der Waals surface area contributed by atoms with E-state index in [9.17, 15) is 0 Å². The van der Waals surface area contributed by atoms with E-state index < -0.39 is 0 Å².